The summed E-state index contributed by atoms with van der Waals surface area (Å²) in [4.78, 5) is 0.113. The van der Waals surface area contributed by atoms with Gasteiger partial charge in [-0.15, -0.1) is 0 Å². The van der Waals surface area contributed by atoms with Crippen molar-refractivity contribution >= 4 is 50.3 Å². The van der Waals surface area contributed by atoms with Crippen LogP contribution in [0.5, 0.6) is 0 Å². The lowest BCUT2D eigenvalue weighted by Crippen LogP contribution is -2.28. The predicted octanol–water partition coefficient (Wildman–Crippen LogP) is 3.45. The van der Waals surface area contributed by atoms with Gasteiger partial charge in [0.1, 0.15) is 0 Å². The zero-order valence-corrected chi connectivity index (χ0v) is 14.7. The van der Waals surface area contributed by atoms with Crippen LogP contribution in [0.15, 0.2) is 53.4 Å². The number of anilines is 2. The van der Waals surface area contributed by atoms with E-state index < -0.39 is 10.0 Å². The molecule has 0 aliphatic heterocycles. The molecule has 0 heterocycles. The Kier molecular flexibility index (Phi) is 5.81. The molecule has 0 unspecified atom stereocenters. The van der Waals surface area contributed by atoms with Gasteiger partial charge in [0.15, 0.2) is 5.11 Å². The van der Waals surface area contributed by atoms with E-state index in [0.717, 1.165) is 0 Å². The number of benzene rings is 2. The van der Waals surface area contributed by atoms with Gasteiger partial charge in [-0.2, -0.15) is 0 Å². The fraction of sp³-hybridized carbons (Fsp3) is 0.133. The molecule has 0 spiro atoms. The van der Waals surface area contributed by atoms with Crippen LogP contribution >= 0.6 is 23.8 Å². The third kappa shape index (κ3) is 4.82. The average molecular weight is 370 g/mol. The molecule has 5 nitrogen and oxygen atoms in total. The minimum atomic E-state index is -3.74. The van der Waals surface area contributed by atoms with Crippen molar-refractivity contribution in [2.45, 2.75) is 11.8 Å². The second-order valence-corrected chi connectivity index (χ2v) is 7.10. The molecule has 8 heteroatoms. The number of halogens is 1. The highest BCUT2D eigenvalue weighted by Crippen LogP contribution is 2.24. The van der Waals surface area contributed by atoms with E-state index in [1.165, 1.54) is 12.1 Å². The Balaban J connectivity index is 2.23. The zero-order chi connectivity index (χ0) is 16.9. The molecule has 0 aromatic heterocycles. The summed E-state index contributed by atoms with van der Waals surface area (Å²) in [6.45, 7) is 2.60. The van der Waals surface area contributed by atoms with E-state index in [-0.39, 0.29) is 4.90 Å². The van der Waals surface area contributed by atoms with Crippen molar-refractivity contribution in [2.24, 2.45) is 0 Å². The first-order valence-corrected chi connectivity index (χ1v) is 9.11. The number of rotatable bonds is 5. The Labute approximate surface area is 146 Å². The van der Waals surface area contributed by atoms with E-state index in [9.17, 15) is 8.42 Å². The lowest BCUT2D eigenvalue weighted by atomic mass is 10.3. The second-order valence-electron chi connectivity index (χ2n) is 4.60. The van der Waals surface area contributed by atoms with Gasteiger partial charge >= 0.3 is 0 Å². The molecule has 0 bridgehead atoms. The smallest absolute Gasteiger partial charge is 0.262 e. The lowest BCUT2D eigenvalue weighted by molar-refractivity contribution is 0.601. The van der Waals surface area contributed by atoms with Gasteiger partial charge in [-0.3, -0.25) is 4.72 Å². The van der Waals surface area contributed by atoms with Crippen molar-refractivity contribution < 1.29 is 8.42 Å². The van der Waals surface area contributed by atoms with Crippen LogP contribution in [0.25, 0.3) is 0 Å². The average Bonchev–Trinajstić information content (AvgIpc) is 2.50. The minimum absolute atomic E-state index is 0.113. The molecule has 2 aromatic carbocycles. The van der Waals surface area contributed by atoms with Gasteiger partial charge in [0, 0.05) is 12.2 Å². The number of hydrogen-bond donors (Lipinski definition) is 3. The molecule has 0 amide bonds. The largest absolute Gasteiger partial charge is 0.363 e. The maximum Gasteiger partial charge on any atom is 0.262 e. The summed E-state index contributed by atoms with van der Waals surface area (Å²) in [5, 5.41) is 6.63. The van der Waals surface area contributed by atoms with Gasteiger partial charge in [-0.25, -0.2) is 8.42 Å². The topological polar surface area (TPSA) is 70.2 Å². The van der Waals surface area contributed by atoms with E-state index in [1.54, 1.807) is 36.4 Å². The predicted molar refractivity (Wildman–Crippen MR) is 98.6 cm³/mol. The molecular formula is C15H16ClN3O2S2. The molecule has 0 radical (unpaired) electrons. The van der Waals surface area contributed by atoms with Crippen molar-refractivity contribution in [1.82, 2.24) is 5.32 Å². The molecule has 0 aliphatic rings. The van der Waals surface area contributed by atoms with Gasteiger partial charge in [-0.1, -0.05) is 29.8 Å². The minimum Gasteiger partial charge on any atom is -0.363 e. The van der Waals surface area contributed by atoms with Crippen LogP contribution in [0, 0.1) is 0 Å². The van der Waals surface area contributed by atoms with Crippen LogP contribution in [-0.2, 0) is 10.0 Å². The van der Waals surface area contributed by atoms with Crippen LogP contribution in [0.4, 0.5) is 11.4 Å². The lowest BCUT2D eigenvalue weighted by Gasteiger charge is -2.12. The van der Waals surface area contributed by atoms with E-state index in [1.807, 2.05) is 6.92 Å². The van der Waals surface area contributed by atoms with Gasteiger partial charge < -0.3 is 10.6 Å². The monoisotopic (exact) mass is 369 g/mol. The normalized spacial score (nSPS) is 10.9. The maximum atomic E-state index is 12.5. The van der Waals surface area contributed by atoms with E-state index in [0.29, 0.717) is 28.1 Å². The van der Waals surface area contributed by atoms with Gasteiger partial charge in [0.2, 0.25) is 0 Å². The Morgan fingerprint density at radius 3 is 2.61 bits per heavy atom. The molecule has 0 saturated carbocycles. The van der Waals surface area contributed by atoms with Crippen molar-refractivity contribution in [3.8, 4) is 0 Å². The van der Waals surface area contributed by atoms with E-state index in [2.05, 4.69) is 15.4 Å². The first-order valence-electron chi connectivity index (χ1n) is 6.84. The van der Waals surface area contributed by atoms with Crippen molar-refractivity contribution in [1.29, 1.82) is 0 Å². The fourth-order valence-electron chi connectivity index (χ4n) is 1.82. The van der Waals surface area contributed by atoms with Crippen LogP contribution in [0.3, 0.4) is 0 Å². The molecule has 2 aromatic rings. The van der Waals surface area contributed by atoms with Crippen molar-refractivity contribution in [3.05, 3.63) is 53.6 Å². The molecule has 0 fully saturated rings. The number of sulfonamides is 1. The highest BCUT2D eigenvalue weighted by molar-refractivity contribution is 7.92. The third-order valence-electron chi connectivity index (χ3n) is 2.86. The SMILES string of the molecule is CCNC(=S)Nc1cccc(S(=O)(=O)Nc2ccccc2Cl)c1. The fourth-order valence-corrected chi connectivity index (χ4v) is 3.45. The molecule has 0 aliphatic carbocycles. The Morgan fingerprint density at radius 2 is 1.91 bits per heavy atom. The third-order valence-corrected chi connectivity index (χ3v) is 4.80. The summed E-state index contributed by atoms with van der Waals surface area (Å²) >= 11 is 11.1. The molecular weight excluding hydrogens is 354 g/mol. The molecule has 122 valence electrons. The molecule has 0 atom stereocenters. The number of hydrogen-bond acceptors (Lipinski definition) is 3. The summed E-state index contributed by atoms with van der Waals surface area (Å²) in [5.74, 6) is 0. The standard InChI is InChI=1S/C15H16ClN3O2S2/c1-2-17-15(22)18-11-6-5-7-12(10-11)23(20,21)19-14-9-4-3-8-13(14)16/h3-10,19H,2H2,1H3,(H2,17,18,22). The van der Waals surface area contributed by atoms with Crippen molar-refractivity contribution in [2.75, 3.05) is 16.6 Å². The summed E-state index contributed by atoms with van der Waals surface area (Å²) in [7, 11) is -3.74. The second kappa shape index (κ2) is 7.63. The Hall–Kier alpha value is -1.83. The van der Waals surface area contributed by atoms with Gasteiger partial charge in [0.25, 0.3) is 10.0 Å². The van der Waals surface area contributed by atoms with Crippen LogP contribution < -0.4 is 15.4 Å². The number of thiocarbonyl (C=S) groups is 1. The summed E-state index contributed by atoms with van der Waals surface area (Å²) in [6.07, 6.45) is 0. The quantitative estimate of drug-likeness (QED) is 0.704. The first-order chi connectivity index (χ1) is 10.9. The van der Waals surface area contributed by atoms with E-state index >= 15 is 0 Å². The highest BCUT2D eigenvalue weighted by Gasteiger charge is 2.16. The highest BCUT2D eigenvalue weighted by atomic mass is 35.5. The van der Waals surface area contributed by atoms with Crippen LogP contribution in [-0.4, -0.2) is 20.1 Å². The molecule has 23 heavy (non-hydrogen) atoms. The van der Waals surface area contributed by atoms with Gasteiger partial charge in [0.05, 0.1) is 15.6 Å². The Morgan fingerprint density at radius 1 is 1.17 bits per heavy atom. The zero-order valence-electron chi connectivity index (χ0n) is 12.3. The molecule has 2 rings (SSSR count). The van der Waals surface area contributed by atoms with Crippen LogP contribution in [0.1, 0.15) is 6.92 Å². The summed E-state index contributed by atoms with van der Waals surface area (Å²) < 4.78 is 27.4. The maximum absolute atomic E-state index is 12.5. The summed E-state index contributed by atoms with van der Waals surface area (Å²) in [6, 6.07) is 13.0. The molecule has 0 saturated heterocycles. The first kappa shape index (κ1) is 17.5. The number of nitrogens with one attached hydrogen (secondary N) is 3. The molecule has 3 N–H and O–H groups in total. The van der Waals surface area contributed by atoms with Crippen LogP contribution in [0.2, 0.25) is 5.02 Å². The number of para-hydroxylation sites is 1. The van der Waals surface area contributed by atoms with Crippen molar-refractivity contribution in [3.63, 3.8) is 0 Å². The Bertz CT molecular complexity index is 810. The summed E-state index contributed by atoms with van der Waals surface area (Å²) in [5.41, 5.74) is 0.911. The van der Waals surface area contributed by atoms with E-state index in [4.69, 9.17) is 23.8 Å². The van der Waals surface area contributed by atoms with Gasteiger partial charge in [-0.05, 0) is 49.5 Å².